The minimum absolute atomic E-state index is 0.757. The fourth-order valence-corrected chi connectivity index (χ4v) is 3.22. The number of benzene rings is 1. The molecule has 0 atom stereocenters. The Labute approximate surface area is 125 Å². The first-order valence-corrected chi connectivity index (χ1v) is 8.26. The van der Waals surface area contributed by atoms with E-state index in [1.807, 2.05) is 12.1 Å². The molecule has 0 spiro atoms. The molecule has 1 aromatic rings. The van der Waals surface area contributed by atoms with Gasteiger partial charge >= 0.3 is 0 Å². The van der Waals surface area contributed by atoms with E-state index in [-0.39, 0.29) is 0 Å². The van der Waals surface area contributed by atoms with Gasteiger partial charge in [0.25, 0.3) is 0 Å². The second kappa shape index (κ2) is 8.06. The van der Waals surface area contributed by atoms with E-state index in [0.717, 1.165) is 29.4 Å². The smallest absolute Gasteiger partial charge is 0.0467 e. The standard InChI is InChI=1S/C15H23BrClN/c1-4-12(5-2)11-18(6-3)15-9-7-8-14(17)13(15)10-16/h7-9,12H,4-6,10-11H2,1-3H3. The Bertz CT molecular complexity index is 364. The van der Waals surface area contributed by atoms with Crippen LogP contribution in [0.4, 0.5) is 5.69 Å². The Balaban J connectivity index is 2.97. The molecule has 1 aromatic carbocycles. The Kier molecular flexibility index (Phi) is 7.10. The van der Waals surface area contributed by atoms with Crippen molar-refractivity contribution < 1.29 is 0 Å². The number of anilines is 1. The van der Waals surface area contributed by atoms with Crippen molar-refractivity contribution in [2.24, 2.45) is 5.92 Å². The maximum Gasteiger partial charge on any atom is 0.0467 e. The molecule has 0 unspecified atom stereocenters. The van der Waals surface area contributed by atoms with Gasteiger partial charge in [-0.15, -0.1) is 0 Å². The molecule has 0 N–H and O–H groups in total. The topological polar surface area (TPSA) is 3.24 Å². The van der Waals surface area contributed by atoms with Crippen molar-refractivity contribution in [1.29, 1.82) is 0 Å². The van der Waals surface area contributed by atoms with Crippen molar-refractivity contribution >= 4 is 33.2 Å². The lowest BCUT2D eigenvalue weighted by atomic mass is 10.0. The molecule has 0 aliphatic carbocycles. The Morgan fingerprint density at radius 1 is 1.22 bits per heavy atom. The van der Waals surface area contributed by atoms with Crippen molar-refractivity contribution in [3.8, 4) is 0 Å². The number of hydrogen-bond donors (Lipinski definition) is 0. The van der Waals surface area contributed by atoms with Crippen LogP contribution in [0.25, 0.3) is 0 Å². The number of hydrogen-bond acceptors (Lipinski definition) is 1. The van der Waals surface area contributed by atoms with E-state index in [4.69, 9.17) is 11.6 Å². The highest BCUT2D eigenvalue weighted by Crippen LogP contribution is 2.30. The number of alkyl halides is 1. The van der Waals surface area contributed by atoms with Gasteiger partial charge in [-0.05, 0) is 25.0 Å². The van der Waals surface area contributed by atoms with Gasteiger partial charge in [0.05, 0.1) is 0 Å². The van der Waals surface area contributed by atoms with Gasteiger partial charge in [0, 0.05) is 34.7 Å². The molecular formula is C15H23BrClN. The summed E-state index contributed by atoms with van der Waals surface area (Å²) >= 11 is 9.82. The molecular weight excluding hydrogens is 310 g/mol. The molecule has 0 saturated heterocycles. The monoisotopic (exact) mass is 331 g/mol. The molecule has 0 amide bonds. The van der Waals surface area contributed by atoms with Crippen LogP contribution < -0.4 is 4.90 Å². The van der Waals surface area contributed by atoms with Crippen molar-refractivity contribution in [1.82, 2.24) is 0 Å². The Hall–Kier alpha value is -0.210. The number of nitrogens with zero attached hydrogens (tertiary/aromatic N) is 1. The summed E-state index contributed by atoms with van der Waals surface area (Å²) in [6, 6.07) is 6.18. The van der Waals surface area contributed by atoms with Crippen LogP contribution in [0.2, 0.25) is 5.02 Å². The molecule has 0 aliphatic heterocycles. The molecule has 3 heteroatoms. The van der Waals surface area contributed by atoms with E-state index < -0.39 is 0 Å². The quantitative estimate of drug-likeness (QED) is 0.596. The van der Waals surface area contributed by atoms with E-state index in [1.165, 1.54) is 24.1 Å². The van der Waals surface area contributed by atoms with Gasteiger partial charge in [-0.3, -0.25) is 0 Å². The third kappa shape index (κ3) is 3.89. The zero-order chi connectivity index (χ0) is 13.5. The molecule has 1 rings (SSSR count). The number of rotatable bonds is 7. The molecule has 0 heterocycles. The van der Waals surface area contributed by atoms with Crippen molar-refractivity contribution in [2.75, 3.05) is 18.0 Å². The van der Waals surface area contributed by atoms with Crippen LogP contribution in [-0.4, -0.2) is 13.1 Å². The van der Waals surface area contributed by atoms with Crippen molar-refractivity contribution in [3.63, 3.8) is 0 Å². The van der Waals surface area contributed by atoms with Crippen molar-refractivity contribution in [3.05, 3.63) is 28.8 Å². The lowest BCUT2D eigenvalue weighted by Crippen LogP contribution is -2.29. The zero-order valence-electron chi connectivity index (χ0n) is 11.5. The molecule has 0 fully saturated rings. The number of halogens is 2. The average molecular weight is 333 g/mol. The van der Waals surface area contributed by atoms with Crippen LogP contribution in [0.15, 0.2) is 18.2 Å². The lowest BCUT2D eigenvalue weighted by molar-refractivity contribution is 0.486. The van der Waals surface area contributed by atoms with E-state index in [9.17, 15) is 0 Å². The summed E-state index contributed by atoms with van der Waals surface area (Å²) in [4.78, 5) is 2.44. The molecule has 0 radical (unpaired) electrons. The van der Waals surface area contributed by atoms with E-state index >= 15 is 0 Å². The molecule has 0 aliphatic rings. The average Bonchev–Trinajstić information content (AvgIpc) is 2.40. The Morgan fingerprint density at radius 3 is 2.39 bits per heavy atom. The molecule has 18 heavy (non-hydrogen) atoms. The largest absolute Gasteiger partial charge is 0.371 e. The maximum absolute atomic E-state index is 6.28. The van der Waals surface area contributed by atoms with E-state index in [2.05, 4.69) is 47.7 Å². The molecule has 102 valence electrons. The van der Waals surface area contributed by atoms with Crippen LogP contribution in [0.3, 0.4) is 0 Å². The van der Waals surface area contributed by atoms with Crippen molar-refractivity contribution in [2.45, 2.75) is 38.9 Å². The summed E-state index contributed by atoms with van der Waals surface area (Å²) in [7, 11) is 0. The fourth-order valence-electron chi connectivity index (χ4n) is 2.23. The lowest BCUT2D eigenvalue weighted by Gasteiger charge is -2.29. The summed E-state index contributed by atoms with van der Waals surface area (Å²) < 4.78 is 0. The highest BCUT2D eigenvalue weighted by Gasteiger charge is 2.15. The first kappa shape index (κ1) is 15.8. The van der Waals surface area contributed by atoms with E-state index in [0.29, 0.717) is 0 Å². The minimum atomic E-state index is 0.757. The van der Waals surface area contributed by atoms with Gasteiger partial charge < -0.3 is 4.90 Å². The molecule has 0 saturated carbocycles. The Morgan fingerprint density at radius 2 is 1.89 bits per heavy atom. The van der Waals surface area contributed by atoms with Gasteiger partial charge in [-0.25, -0.2) is 0 Å². The predicted octanol–water partition coefficient (Wildman–Crippen LogP) is 5.50. The third-order valence-corrected chi connectivity index (χ3v) is 4.50. The first-order valence-electron chi connectivity index (χ1n) is 6.76. The van der Waals surface area contributed by atoms with Crippen LogP contribution >= 0.6 is 27.5 Å². The summed E-state index contributed by atoms with van der Waals surface area (Å²) in [6.45, 7) is 8.89. The van der Waals surface area contributed by atoms with Crippen LogP contribution in [0.5, 0.6) is 0 Å². The fraction of sp³-hybridized carbons (Fsp3) is 0.600. The zero-order valence-corrected chi connectivity index (χ0v) is 13.9. The normalized spacial score (nSPS) is 11.0. The maximum atomic E-state index is 6.28. The second-order valence-corrected chi connectivity index (χ2v) is 5.56. The van der Waals surface area contributed by atoms with Gasteiger partial charge in [-0.1, -0.05) is 60.3 Å². The van der Waals surface area contributed by atoms with Gasteiger partial charge in [0.1, 0.15) is 0 Å². The van der Waals surface area contributed by atoms with Crippen LogP contribution in [-0.2, 0) is 5.33 Å². The SMILES string of the molecule is CCC(CC)CN(CC)c1cccc(Cl)c1CBr. The molecule has 0 aromatic heterocycles. The van der Waals surface area contributed by atoms with E-state index in [1.54, 1.807) is 0 Å². The van der Waals surface area contributed by atoms with Gasteiger partial charge in [0.2, 0.25) is 0 Å². The minimum Gasteiger partial charge on any atom is -0.371 e. The highest BCUT2D eigenvalue weighted by atomic mass is 79.9. The summed E-state index contributed by atoms with van der Waals surface area (Å²) in [6.07, 6.45) is 2.47. The van der Waals surface area contributed by atoms with Gasteiger partial charge in [-0.2, -0.15) is 0 Å². The van der Waals surface area contributed by atoms with Crippen LogP contribution in [0.1, 0.15) is 39.2 Å². The summed E-state index contributed by atoms with van der Waals surface area (Å²) in [5.74, 6) is 0.757. The third-order valence-electron chi connectivity index (χ3n) is 3.58. The summed E-state index contributed by atoms with van der Waals surface area (Å²) in [5.41, 5.74) is 2.47. The summed E-state index contributed by atoms with van der Waals surface area (Å²) in [5, 5.41) is 1.66. The highest BCUT2D eigenvalue weighted by molar-refractivity contribution is 9.08. The molecule has 1 nitrogen and oxygen atoms in total. The molecule has 0 bridgehead atoms. The second-order valence-electron chi connectivity index (χ2n) is 4.59. The van der Waals surface area contributed by atoms with Gasteiger partial charge in [0.15, 0.2) is 0 Å². The van der Waals surface area contributed by atoms with Crippen LogP contribution in [0, 0.1) is 5.92 Å². The first-order chi connectivity index (χ1) is 8.67. The predicted molar refractivity (Wildman–Crippen MR) is 86.0 cm³/mol.